The number of amides is 2. The second-order valence-electron chi connectivity index (χ2n) is 13.2. The van der Waals surface area contributed by atoms with Crippen molar-refractivity contribution in [2.24, 2.45) is 0 Å². The Morgan fingerprint density at radius 2 is 1.08 bits per heavy atom. The van der Waals surface area contributed by atoms with E-state index in [0.717, 1.165) is 112 Å². The predicted octanol–water partition coefficient (Wildman–Crippen LogP) is 4.74. The minimum absolute atomic E-state index is 0.125. The van der Waals surface area contributed by atoms with Crippen molar-refractivity contribution < 1.29 is 19.1 Å². The summed E-state index contributed by atoms with van der Waals surface area (Å²) in [7, 11) is 0. The van der Waals surface area contributed by atoms with E-state index in [9.17, 15) is 9.59 Å². The van der Waals surface area contributed by atoms with E-state index in [-0.39, 0.29) is 36.5 Å². The quantitative estimate of drug-likeness (QED) is 0.243. The molecule has 2 unspecified atom stereocenters. The fourth-order valence-corrected chi connectivity index (χ4v) is 7.10. The number of rotatable bonds is 10. The van der Waals surface area contributed by atoms with Crippen molar-refractivity contribution in [3.8, 4) is 0 Å². The molecule has 2 saturated heterocycles. The van der Waals surface area contributed by atoms with Gasteiger partial charge in [0.2, 0.25) is 11.8 Å². The number of aromatic nitrogens is 4. The van der Waals surface area contributed by atoms with Crippen molar-refractivity contribution in [2.75, 3.05) is 73.0 Å². The molecule has 0 radical (unpaired) electrons. The lowest BCUT2D eigenvalue weighted by molar-refractivity contribution is -0.116. The van der Waals surface area contributed by atoms with Crippen molar-refractivity contribution in [1.82, 2.24) is 20.4 Å². The van der Waals surface area contributed by atoms with Gasteiger partial charge >= 0.3 is 0 Å². The fourth-order valence-electron chi connectivity index (χ4n) is 7.10. The Balaban J connectivity index is 0.891. The molecule has 260 valence electrons. The van der Waals surface area contributed by atoms with E-state index in [1.807, 2.05) is 48.5 Å². The largest absolute Gasteiger partial charge is 0.378 e. The monoisotopic (exact) mass is 676 g/mol. The summed E-state index contributed by atoms with van der Waals surface area (Å²) in [6.07, 6.45) is 4.50. The molecule has 0 bridgehead atoms. The summed E-state index contributed by atoms with van der Waals surface area (Å²) >= 11 is 0. The van der Waals surface area contributed by atoms with Crippen LogP contribution in [0.25, 0.3) is 0 Å². The van der Waals surface area contributed by atoms with Gasteiger partial charge in [-0.05, 0) is 78.9 Å². The molecular formula is C38H44N8O4. The molecule has 4 aromatic rings. The first kappa shape index (κ1) is 33.6. The van der Waals surface area contributed by atoms with Gasteiger partial charge in [-0.15, -0.1) is 10.2 Å². The number of ether oxygens (including phenoxy) is 2. The molecule has 1 aliphatic carbocycles. The average molecular weight is 677 g/mol. The molecule has 2 aromatic heterocycles. The summed E-state index contributed by atoms with van der Waals surface area (Å²) < 4.78 is 10.9. The van der Waals surface area contributed by atoms with Gasteiger partial charge in [0.15, 0.2) is 11.6 Å². The van der Waals surface area contributed by atoms with Crippen LogP contribution in [0, 0.1) is 0 Å². The van der Waals surface area contributed by atoms with Crippen LogP contribution in [0.2, 0.25) is 0 Å². The number of benzene rings is 2. The van der Waals surface area contributed by atoms with Gasteiger partial charge in [0.25, 0.3) is 0 Å². The maximum Gasteiger partial charge on any atom is 0.229 e. The number of morpholine rings is 2. The molecule has 1 saturated carbocycles. The number of carbonyl (C=O) groups excluding carboxylic acids is 2. The van der Waals surface area contributed by atoms with Crippen LogP contribution in [-0.4, -0.2) is 84.8 Å². The van der Waals surface area contributed by atoms with Crippen LogP contribution in [0.3, 0.4) is 0 Å². The summed E-state index contributed by atoms with van der Waals surface area (Å²) in [5.41, 5.74) is 5.96. The Labute approximate surface area is 292 Å². The first-order valence-corrected chi connectivity index (χ1v) is 17.7. The SMILES string of the molecule is O=C(Cc1cccc(N2CCOCC2)c1)Nc1ccc(C2CCCC(c3ccc(NC(=O)Cc4cccc(N5CCOCC5)c4)nn3)C2)nn1. The Kier molecular flexibility index (Phi) is 10.9. The van der Waals surface area contributed by atoms with Crippen molar-refractivity contribution in [3.05, 3.63) is 95.3 Å². The van der Waals surface area contributed by atoms with Gasteiger partial charge in [-0.3, -0.25) is 9.59 Å². The van der Waals surface area contributed by atoms with E-state index >= 15 is 0 Å². The van der Waals surface area contributed by atoms with E-state index in [2.05, 4.69) is 65.1 Å². The van der Waals surface area contributed by atoms with Gasteiger partial charge in [0, 0.05) is 49.4 Å². The van der Waals surface area contributed by atoms with Gasteiger partial charge in [0.05, 0.1) is 50.7 Å². The standard InChI is InChI=1S/C38H44N8O4/c47-37(24-27-4-1-8-31(22-27)45-14-18-49-19-15-45)39-35-12-10-33(41-43-35)29-6-3-7-30(26-29)34-11-13-36(44-42-34)40-38(48)25-28-5-2-9-32(23-28)46-16-20-50-21-17-46/h1-2,4-5,8-13,22-23,29-30H,3,6-7,14-21,24-26H2,(H,39,43,47)(H,40,44,48). The molecule has 12 heteroatoms. The number of hydrogen-bond donors (Lipinski definition) is 2. The van der Waals surface area contributed by atoms with Crippen LogP contribution in [0.1, 0.15) is 60.0 Å². The predicted molar refractivity (Wildman–Crippen MR) is 192 cm³/mol. The van der Waals surface area contributed by atoms with Crippen molar-refractivity contribution in [2.45, 2.75) is 50.4 Å². The number of nitrogens with one attached hydrogen (secondary N) is 2. The highest BCUT2D eigenvalue weighted by Gasteiger charge is 2.27. The summed E-state index contributed by atoms with van der Waals surface area (Å²) in [6.45, 7) is 6.29. The van der Waals surface area contributed by atoms with Gasteiger partial charge in [-0.25, -0.2) is 0 Å². The van der Waals surface area contributed by atoms with E-state index in [1.165, 1.54) is 0 Å². The zero-order valence-electron chi connectivity index (χ0n) is 28.3. The lowest BCUT2D eigenvalue weighted by Crippen LogP contribution is -2.36. The zero-order chi connectivity index (χ0) is 34.1. The molecule has 0 spiro atoms. The Morgan fingerprint density at radius 3 is 1.50 bits per heavy atom. The highest BCUT2D eigenvalue weighted by molar-refractivity contribution is 5.92. The van der Waals surface area contributed by atoms with Gasteiger partial charge < -0.3 is 29.9 Å². The first-order chi connectivity index (χ1) is 24.6. The molecule has 2 atom stereocenters. The minimum Gasteiger partial charge on any atom is -0.378 e. The maximum absolute atomic E-state index is 12.8. The van der Waals surface area contributed by atoms with Gasteiger partial charge in [-0.1, -0.05) is 30.7 Å². The normalized spacial score (nSPS) is 19.5. The molecule has 3 aliphatic rings. The Bertz CT molecular complexity index is 1610. The van der Waals surface area contributed by atoms with Crippen molar-refractivity contribution in [3.63, 3.8) is 0 Å². The van der Waals surface area contributed by atoms with Crippen molar-refractivity contribution in [1.29, 1.82) is 0 Å². The van der Waals surface area contributed by atoms with Crippen LogP contribution >= 0.6 is 0 Å². The Hall–Kier alpha value is -4.94. The van der Waals surface area contributed by atoms with Crippen LogP contribution in [0.5, 0.6) is 0 Å². The van der Waals surface area contributed by atoms with E-state index in [4.69, 9.17) is 9.47 Å². The number of hydrogen-bond acceptors (Lipinski definition) is 10. The third-order valence-corrected chi connectivity index (χ3v) is 9.72. The number of anilines is 4. The molecule has 12 nitrogen and oxygen atoms in total. The summed E-state index contributed by atoms with van der Waals surface area (Å²) in [5, 5.41) is 23.5. The highest BCUT2D eigenvalue weighted by Crippen LogP contribution is 2.40. The molecular weight excluding hydrogens is 632 g/mol. The third-order valence-electron chi connectivity index (χ3n) is 9.72. The fraction of sp³-hybridized carbons (Fsp3) is 0.421. The topological polar surface area (TPSA) is 135 Å². The van der Waals surface area contributed by atoms with Gasteiger partial charge in [-0.2, -0.15) is 10.2 Å². The van der Waals surface area contributed by atoms with Crippen molar-refractivity contribution >= 4 is 34.8 Å². The maximum atomic E-state index is 12.8. The van der Waals surface area contributed by atoms with E-state index in [0.29, 0.717) is 11.6 Å². The number of nitrogens with zero attached hydrogens (tertiary/aromatic N) is 6. The first-order valence-electron chi connectivity index (χ1n) is 17.7. The lowest BCUT2D eigenvalue weighted by atomic mass is 9.78. The Morgan fingerprint density at radius 1 is 0.620 bits per heavy atom. The second kappa shape index (κ2) is 16.2. The zero-order valence-corrected chi connectivity index (χ0v) is 28.3. The van der Waals surface area contributed by atoms with Gasteiger partial charge in [0.1, 0.15) is 0 Å². The molecule has 3 fully saturated rings. The minimum atomic E-state index is -0.125. The molecule has 50 heavy (non-hydrogen) atoms. The number of carbonyl (C=O) groups is 2. The average Bonchev–Trinajstić information content (AvgIpc) is 3.16. The van der Waals surface area contributed by atoms with E-state index in [1.54, 1.807) is 0 Å². The molecule has 2 aliphatic heterocycles. The van der Waals surface area contributed by atoms with E-state index < -0.39 is 0 Å². The highest BCUT2D eigenvalue weighted by atomic mass is 16.5. The molecule has 2 aromatic carbocycles. The summed E-state index contributed by atoms with van der Waals surface area (Å²) in [6, 6.07) is 23.8. The molecule has 2 N–H and O–H groups in total. The van der Waals surface area contributed by atoms with Crippen LogP contribution in [-0.2, 0) is 31.9 Å². The summed E-state index contributed by atoms with van der Waals surface area (Å²) in [4.78, 5) is 30.2. The molecule has 7 rings (SSSR count). The van der Waals surface area contributed by atoms with Crippen LogP contribution in [0.4, 0.5) is 23.0 Å². The summed E-state index contributed by atoms with van der Waals surface area (Å²) in [5.74, 6) is 1.12. The van der Waals surface area contributed by atoms with Crippen LogP contribution < -0.4 is 20.4 Å². The second-order valence-corrected chi connectivity index (χ2v) is 13.2. The van der Waals surface area contributed by atoms with Crippen LogP contribution in [0.15, 0.2) is 72.8 Å². The lowest BCUT2D eigenvalue weighted by Gasteiger charge is -2.29. The molecule has 4 heterocycles. The molecule has 2 amide bonds. The third kappa shape index (κ3) is 8.80. The smallest absolute Gasteiger partial charge is 0.229 e.